The van der Waals surface area contributed by atoms with Crippen molar-refractivity contribution < 1.29 is 9.18 Å². The SMILES string of the molecule is CCCc1sc(NC(=O)c2ccc(F)cc2)nc1-c1ccc(Br)cc1.Cl. The summed E-state index contributed by atoms with van der Waals surface area (Å²) in [6.45, 7) is 2.11. The summed E-state index contributed by atoms with van der Waals surface area (Å²) in [6.07, 6.45) is 1.90. The Balaban J connectivity index is 0.00000243. The van der Waals surface area contributed by atoms with Crippen molar-refractivity contribution in [1.82, 2.24) is 4.98 Å². The van der Waals surface area contributed by atoms with E-state index in [-0.39, 0.29) is 24.1 Å². The number of carbonyl (C=O) groups excluding carboxylic acids is 1. The number of thiazole rings is 1. The van der Waals surface area contributed by atoms with E-state index < -0.39 is 0 Å². The van der Waals surface area contributed by atoms with Gasteiger partial charge in [0.25, 0.3) is 5.91 Å². The van der Waals surface area contributed by atoms with Gasteiger partial charge in [0.2, 0.25) is 0 Å². The predicted octanol–water partition coefficient (Wildman–Crippen LogP) is 6.34. The fourth-order valence-electron chi connectivity index (χ4n) is 2.41. The van der Waals surface area contributed by atoms with E-state index in [1.54, 1.807) is 0 Å². The molecule has 0 fully saturated rings. The lowest BCUT2D eigenvalue weighted by Crippen LogP contribution is -2.11. The zero-order valence-electron chi connectivity index (χ0n) is 14.0. The molecule has 1 aromatic heterocycles. The first-order valence-corrected chi connectivity index (χ1v) is 9.50. The highest BCUT2D eigenvalue weighted by molar-refractivity contribution is 9.10. The van der Waals surface area contributed by atoms with Crippen molar-refractivity contribution in [2.45, 2.75) is 19.8 Å². The summed E-state index contributed by atoms with van der Waals surface area (Å²) in [4.78, 5) is 18.1. The molecule has 26 heavy (non-hydrogen) atoms. The van der Waals surface area contributed by atoms with Crippen LogP contribution in [0, 0.1) is 5.82 Å². The Morgan fingerprint density at radius 3 is 2.42 bits per heavy atom. The summed E-state index contributed by atoms with van der Waals surface area (Å²) in [7, 11) is 0. The number of halogens is 3. The van der Waals surface area contributed by atoms with Crippen LogP contribution in [-0.4, -0.2) is 10.9 Å². The normalized spacial score (nSPS) is 10.3. The second-order valence-corrected chi connectivity index (χ2v) is 7.51. The van der Waals surface area contributed by atoms with Crippen LogP contribution in [0.25, 0.3) is 11.3 Å². The minimum absolute atomic E-state index is 0. The number of carbonyl (C=O) groups is 1. The summed E-state index contributed by atoms with van der Waals surface area (Å²) >= 11 is 4.92. The van der Waals surface area contributed by atoms with Crippen LogP contribution in [0.1, 0.15) is 28.6 Å². The maximum Gasteiger partial charge on any atom is 0.257 e. The third-order valence-corrected chi connectivity index (χ3v) is 5.18. The van der Waals surface area contributed by atoms with Gasteiger partial charge in [-0.05, 0) is 42.8 Å². The van der Waals surface area contributed by atoms with Crippen molar-refractivity contribution >= 4 is 50.7 Å². The molecule has 0 saturated carbocycles. The number of anilines is 1. The average molecular weight is 456 g/mol. The van der Waals surface area contributed by atoms with Crippen LogP contribution in [0.5, 0.6) is 0 Å². The smallest absolute Gasteiger partial charge is 0.257 e. The van der Waals surface area contributed by atoms with E-state index in [1.165, 1.54) is 35.6 Å². The number of hydrogen-bond acceptors (Lipinski definition) is 3. The molecular weight excluding hydrogens is 439 g/mol. The Bertz CT molecular complexity index is 882. The molecule has 3 nitrogen and oxygen atoms in total. The number of rotatable bonds is 5. The first-order chi connectivity index (χ1) is 12.1. The van der Waals surface area contributed by atoms with Crippen LogP contribution in [0.3, 0.4) is 0 Å². The van der Waals surface area contributed by atoms with Gasteiger partial charge in [0, 0.05) is 20.5 Å². The van der Waals surface area contributed by atoms with Gasteiger partial charge in [-0.3, -0.25) is 10.1 Å². The van der Waals surface area contributed by atoms with Gasteiger partial charge in [-0.25, -0.2) is 9.37 Å². The Labute approximate surface area is 170 Å². The highest BCUT2D eigenvalue weighted by Gasteiger charge is 2.15. The van der Waals surface area contributed by atoms with Crippen LogP contribution in [0.4, 0.5) is 9.52 Å². The number of amides is 1. The van der Waals surface area contributed by atoms with Gasteiger partial charge in [0.15, 0.2) is 5.13 Å². The zero-order chi connectivity index (χ0) is 17.8. The van der Waals surface area contributed by atoms with Crippen molar-refractivity contribution in [3.8, 4) is 11.3 Å². The quantitative estimate of drug-likeness (QED) is 0.488. The molecular formula is C19H17BrClFN2OS. The Morgan fingerprint density at radius 2 is 1.81 bits per heavy atom. The van der Waals surface area contributed by atoms with Crippen LogP contribution in [0.2, 0.25) is 0 Å². The lowest BCUT2D eigenvalue weighted by Gasteiger charge is -2.01. The van der Waals surface area contributed by atoms with E-state index in [0.29, 0.717) is 10.7 Å². The van der Waals surface area contributed by atoms with Crippen molar-refractivity contribution in [3.63, 3.8) is 0 Å². The number of benzene rings is 2. The van der Waals surface area contributed by atoms with Gasteiger partial charge in [-0.1, -0.05) is 41.4 Å². The summed E-state index contributed by atoms with van der Waals surface area (Å²) in [5.74, 6) is -0.660. The maximum atomic E-state index is 13.0. The molecule has 2 aromatic carbocycles. The number of aromatic nitrogens is 1. The second-order valence-electron chi connectivity index (χ2n) is 5.51. The standard InChI is InChI=1S/C19H16BrFN2OS.ClH/c1-2-3-16-17(12-4-8-14(20)9-5-12)22-19(25-16)23-18(24)13-6-10-15(21)11-7-13;/h4-11H,2-3H2,1H3,(H,22,23,24);1H. The monoisotopic (exact) mass is 454 g/mol. The summed E-state index contributed by atoms with van der Waals surface area (Å²) in [5, 5.41) is 3.37. The van der Waals surface area contributed by atoms with E-state index >= 15 is 0 Å². The topological polar surface area (TPSA) is 42.0 Å². The van der Waals surface area contributed by atoms with Crippen molar-refractivity contribution in [2.24, 2.45) is 0 Å². The lowest BCUT2D eigenvalue weighted by molar-refractivity contribution is 0.102. The molecule has 3 aromatic rings. The largest absolute Gasteiger partial charge is 0.298 e. The third-order valence-electron chi connectivity index (χ3n) is 3.62. The summed E-state index contributed by atoms with van der Waals surface area (Å²) in [6, 6.07) is 13.4. The van der Waals surface area contributed by atoms with Crippen molar-refractivity contribution in [1.29, 1.82) is 0 Å². The molecule has 0 aliphatic heterocycles. The Kier molecular flexibility index (Phi) is 7.32. The zero-order valence-corrected chi connectivity index (χ0v) is 17.2. The lowest BCUT2D eigenvalue weighted by atomic mass is 10.1. The van der Waals surface area contributed by atoms with Gasteiger partial charge in [-0.2, -0.15) is 0 Å². The van der Waals surface area contributed by atoms with E-state index in [0.717, 1.165) is 33.4 Å². The van der Waals surface area contributed by atoms with Gasteiger partial charge < -0.3 is 0 Å². The first-order valence-electron chi connectivity index (χ1n) is 7.89. The number of hydrogen-bond donors (Lipinski definition) is 1. The van der Waals surface area contributed by atoms with Crippen LogP contribution in [0.15, 0.2) is 53.0 Å². The van der Waals surface area contributed by atoms with E-state index in [1.807, 2.05) is 24.3 Å². The number of nitrogens with one attached hydrogen (secondary N) is 1. The molecule has 1 N–H and O–H groups in total. The molecule has 1 amide bonds. The Morgan fingerprint density at radius 1 is 1.15 bits per heavy atom. The molecule has 7 heteroatoms. The number of aryl methyl sites for hydroxylation is 1. The Hall–Kier alpha value is -1.76. The van der Waals surface area contributed by atoms with Gasteiger partial charge in [0.05, 0.1) is 5.69 Å². The van der Waals surface area contributed by atoms with E-state index in [2.05, 4.69) is 33.2 Å². The van der Waals surface area contributed by atoms with Crippen molar-refractivity contribution in [3.05, 3.63) is 69.3 Å². The second kappa shape index (κ2) is 9.26. The molecule has 0 atom stereocenters. The number of nitrogens with zero attached hydrogens (tertiary/aromatic N) is 1. The molecule has 0 aliphatic carbocycles. The maximum absolute atomic E-state index is 13.0. The van der Waals surface area contributed by atoms with Gasteiger partial charge in [0.1, 0.15) is 5.82 Å². The average Bonchev–Trinajstić information content (AvgIpc) is 2.99. The van der Waals surface area contributed by atoms with Crippen LogP contribution >= 0.6 is 39.7 Å². The molecule has 0 unspecified atom stereocenters. The minimum atomic E-state index is -0.367. The van der Waals surface area contributed by atoms with Crippen molar-refractivity contribution in [2.75, 3.05) is 5.32 Å². The van der Waals surface area contributed by atoms with E-state index in [9.17, 15) is 9.18 Å². The first kappa shape index (κ1) is 20.6. The predicted molar refractivity (Wildman–Crippen MR) is 111 cm³/mol. The molecule has 0 bridgehead atoms. The van der Waals surface area contributed by atoms with Gasteiger partial charge in [-0.15, -0.1) is 23.7 Å². The molecule has 136 valence electrons. The third kappa shape index (κ3) is 4.90. The molecule has 1 heterocycles. The van der Waals surface area contributed by atoms with Crippen LogP contribution in [-0.2, 0) is 6.42 Å². The van der Waals surface area contributed by atoms with Crippen LogP contribution < -0.4 is 5.32 Å². The summed E-state index contributed by atoms with van der Waals surface area (Å²) in [5.41, 5.74) is 2.32. The molecule has 0 aliphatic rings. The minimum Gasteiger partial charge on any atom is -0.298 e. The highest BCUT2D eigenvalue weighted by Crippen LogP contribution is 2.33. The van der Waals surface area contributed by atoms with Gasteiger partial charge >= 0.3 is 0 Å². The fourth-order valence-corrected chi connectivity index (χ4v) is 3.75. The molecule has 3 rings (SSSR count). The molecule has 0 saturated heterocycles. The fraction of sp³-hybridized carbons (Fsp3) is 0.158. The highest BCUT2D eigenvalue weighted by atomic mass is 79.9. The summed E-state index contributed by atoms with van der Waals surface area (Å²) < 4.78 is 14.0. The molecule has 0 spiro atoms. The van der Waals surface area contributed by atoms with E-state index in [4.69, 9.17) is 0 Å². The molecule has 0 radical (unpaired) electrons.